The Kier molecular flexibility index (Phi) is 5.37. The molecule has 1 N–H and O–H groups in total. The van der Waals surface area contributed by atoms with E-state index in [0.29, 0.717) is 13.0 Å². The average Bonchev–Trinajstić information content (AvgIpc) is 2.78. The predicted molar refractivity (Wildman–Crippen MR) is 87.7 cm³/mol. The topological polar surface area (TPSA) is 60.5 Å². The van der Waals surface area contributed by atoms with Gasteiger partial charge in [-0.3, -0.25) is 4.98 Å². The standard InChI is InChI=1S/C16H26N2O3S/c1-15(2,3)22(19)18-13(10-12-8-6-7-9-17-12)14-11-20-16(4,5)21-14/h6-9,13-14,18H,10-11H2,1-5H3/t13-,14-,22-/m1/s1. The summed E-state index contributed by atoms with van der Waals surface area (Å²) in [6.45, 7) is 10.1. The molecule has 1 fully saturated rings. The summed E-state index contributed by atoms with van der Waals surface area (Å²) in [4.78, 5) is 4.36. The van der Waals surface area contributed by atoms with Crippen LogP contribution < -0.4 is 4.72 Å². The lowest BCUT2D eigenvalue weighted by Crippen LogP contribution is -2.48. The summed E-state index contributed by atoms with van der Waals surface area (Å²) in [5, 5.41) is 0. The van der Waals surface area contributed by atoms with Crippen LogP contribution in [0.1, 0.15) is 40.3 Å². The van der Waals surface area contributed by atoms with E-state index in [1.165, 1.54) is 0 Å². The van der Waals surface area contributed by atoms with Crippen molar-refractivity contribution in [3.8, 4) is 0 Å². The molecule has 0 spiro atoms. The highest BCUT2D eigenvalue weighted by Gasteiger charge is 2.39. The molecule has 22 heavy (non-hydrogen) atoms. The number of ether oxygens (including phenoxy) is 2. The van der Waals surface area contributed by atoms with Crippen molar-refractivity contribution in [1.29, 1.82) is 0 Å². The SMILES string of the molecule is CC1(C)OC[C@H]([C@@H](Cc2ccccn2)N[S@](=O)C(C)(C)C)O1. The van der Waals surface area contributed by atoms with Gasteiger partial charge in [-0.1, -0.05) is 6.07 Å². The molecule has 1 aromatic heterocycles. The van der Waals surface area contributed by atoms with Crippen molar-refractivity contribution in [2.45, 2.75) is 63.7 Å². The lowest BCUT2D eigenvalue weighted by atomic mass is 10.1. The van der Waals surface area contributed by atoms with Crippen LogP contribution in [0.4, 0.5) is 0 Å². The van der Waals surface area contributed by atoms with Crippen LogP contribution in [0.3, 0.4) is 0 Å². The zero-order valence-electron chi connectivity index (χ0n) is 14.0. The maximum absolute atomic E-state index is 12.5. The Morgan fingerprint density at radius 1 is 1.45 bits per heavy atom. The van der Waals surface area contributed by atoms with Gasteiger partial charge in [-0.05, 0) is 46.8 Å². The Hall–Kier alpha value is -0.820. The molecule has 0 unspecified atom stereocenters. The van der Waals surface area contributed by atoms with Crippen molar-refractivity contribution in [2.75, 3.05) is 6.61 Å². The second-order valence-electron chi connectivity index (χ2n) is 7.00. The highest BCUT2D eigenvalue weighted by Crippen LogP contribution is 2.26. The number of aromatic nitrogens is 1. The van der Waals surface area contributed by atoms with Crippen LogP contribution >= 0.6 is 0 Å². The third-order valence-corrected chi connectivity index (χ3v) is 5.08. The van der Waals surface area contributed by atoms with E-state index in [2.05, 4.69) is 9.71 Å². The van der Waals surface area contributed by atoms with Gasteiger partial charge >= 0.3 is 0 Å². The molecule has 5 nitrogen and oxygen atoms in total. The summed E-state index contributed by atoms with van der Waals surface area (Å²) in [5.41, 5.74) is 0.944. The van der Waals surface area contributed by atoms with Gasteiger partial charge in [0.2, 0.25) is 0 Å². The van der Waals surface area contributed by atoms with Gasteiger partial charge in [0.1, 0.15) is 6.10 Å². The highest BCUT2D eigenvalue weighted by atomic mass is 32.2. The van der Waals surface area contributed by atoms with E-state index in [1.807, 2.05) is 52.8 Å². The first kappa shape index (κ1) is 17.5. The van der Waals surface area contributed by atoms with E-state index in [-0.39, 0.29) is 16.9 Å². The average molecular weight is 326 g/mol. The Morgan fingerprint density at radius 3 is 2.68 bits per heavy atom. The fourth-order valence-corrected chi connectivity index (χ4v) is 3.08. The normalized spacial score (nSPS) is 24.1. The number of pyridine rings is 1. The zero-order chi connectivity index (χ0) is 16.4. The molecule has 0 amide bonds. The van der Waals surface area contributed by atoms with Crippen molar-refractivity contribution in [3.63, 3.8) is 0 Å². The van der Waals surface area contributed by atoms with Crippen LogP contribution in [-0.4, -0.2) is 38.5 Å². The molecule has 0 saturated carbocycles. The van der Waals surface area contributed by atoms with Crippen LogP contribution in [0, 0.1) is 0 Å². The number of nitrogens with one attached hydrogen (secondary N) is 1. The molecule has 1 saturated heterocycles. The fraction of sp³-hybridized carbons (Fsp3) is 0.688. The molecule has 1 aliphatic heterocycles. The van der Waals surface area contributed by atoms with E-state index in [9.17, 15) is 4.21 Å². The first-order chi connectivity index (χ1) is 10.2. The van der Waals surface area contributed by atoms with Gasteiger partial charge in [-0.2, -0.15) is 0 Å². The molecule has 1 aromatic rings. The van der Waals surface area contributed by atoms with E-state index >= 15 is 0 Å². The summed E-state index contributed by atoms with van der Waals surface area (Å²) in [7, 11) is -1.18. The van der Waals surface area contributed by atoms with E-state index in [4.69, 9.17) is 9.47 Å². The van der Waals surface area contributed by atoms with Gasteiger partial charge in [0.15, 0.2) is 5.79 Å². The largest absolute Gasteiger partial charge is 0.348 e. The Labute approximate surface area is 135 Å². The summed E-state index contributed by atoms with van der Waals surface area (Å²) in [5.74, 6) is -0.599. The smallest absolute Gasteiger partial charge is 0.163 e. The van der Waals surface area contributed by atoms with Crippen molar-refractivity contribution in [1.82, 2.24) is 9.71 Å². The first-order valence-electron chi connectivity index (χ1n) is 7.57. The van der Waals surface area contributed by atoms with Gasteiger partial charge in [0.25, 0.3) is 0 Å². The quantitative estimate of drug-likeness (QED) is 0.901. The highest BCUT2D eigenvalue weighted by molar-refractivity contribution is 7.84. The van der Waals surface area contributed by atoms with Gasteiger partial charge < -0.3 is 9.47 Å². The number of nitrogens with zero attached hydrogens (tertiary/aromatic N) is 1. The molecule has 0 aliphatic carbocycles. The number of rotatable bonds is 5. The second kappa shape index (κ2) is 6.74. The minimum Gasteiger partial charge on any atom is -0.348 e. The minimum absolute atomic E-state index is 0.114. The van der Waals surface area contributed by atoms with E-state index < -0.39 is 16.8 Å². The van der Waals surface area contributed by atoms with Gasteiger partial charge in [0, 0.05) is 18.3 Å². The lowest BCUT2D eigenvalue weighted by molar-refractivity contribution is -0.141. The molecule has 2 rings (SSSR count). The zero-order valence-corrected chi connectivity index (χ0v) is 14.8. The van der Waals surface area contributed by atoms with Crippen LogP contribution in [-0.2, 0) is 26.9 Å². The van der Waals surface area contributed by atoms with Gasteiger partial charge in [-0.15, -0.1) is 0 Å². The van der Waals surface area contributed by atoms with Crippen molar-refractivity contribution >= 4 is 11.0 Å². The van der Waals surface area contributed by atoms with Crippen molar-refractivity contribution in [2.24, 2.45) is 0 Å². The third-order valence-electron chi connectivity index (χ3n) is 3.45. The van der Waals surface area contributed by atoms with Crippen LogP contribution in [0.2, 0.25) is 0 Å². The van der Waals surface area contributed by atoms with Crippen LogP contribution in [0.25, 0.3) is 0 Å². The molecule has 0 bridgehead atoms. The van der Waals surface area contributed by atoms with Gasteiger partial charge in [0.05, 0.1) is 28.4 Å². The summed E-state index contributed by atoms with van der Waals surface area (Å²) in [6.07, 6.45) is 2.26. The monoisotopic (exact) mass is 326 g/mol. The molecule has 3 atom stereocenters. The molecule has 1 aliphatic rings. The van der Waals surface area contributed by atoms with Crippen LogP contribution in [0.15, 0.2) is 24.4 Å². The predicted octanol–water partition coefficient (Wildman–Crippen LogP) is 2.20. The Morgan fingerprint density at radius 2 is 2.18 bits per heavy atom. The molecule has 6 heteroatoms. The van der Waals surface area contributed by atoms with Crippen LogP contribution in [0.5, 0.6) is 0 Å². The maximum atomic E-state index is 12.5. The maximum Gasteiger partial charge on any atom is 0.163 e. The molecule has 0 radical (unpaired) electrons. The lowest BCUT2D eigenvalue weighted by Gasteiger charge is -2.28. The number of hydrogen-bond donors (Lipinski definition) is 1. The molecular weight excluding hydrogens is 300 g/mol. The van der Waals surface area contributed by atoms with E-state index in [1.54, 1.807) is 6.20 Å². The van der Waals surface area contributed by atoms with Crippen molar-refractivity contribution in [3.05, 3.63) is 30.1 Å². The molecule has 2 heterocycles. The summed E-state index contributed by atoms with van der Waals surface area (Å²) < 4.78 is 26.9. The third kappa shape index (κ3) is 4.84. The molecular formula is C16H26N2O3S. The summed E-state index contributed by atoms with van der Waals surface area (Å²) in [6, 6.07) is 5.69. The molecule has 0 aromatic carbocycles. The first-order valence-corrected chi connectivity index (χ1v) is 8.72. The van der Waals surface area contributed by atoms with E-state index in [0.717, 1.165) is 5.69 Å². The Bertz CT molecular complexity index is 514. The van der Waals surface area contributed by atoms with Gasteiger partial charge in [-0.25, -0.2) is 8.93 Å². The number of hydrogen-bond acceptors (Lipinski definition) is 4. The molecule has 124 valence electrons. The minimum atomic E-state index is -1.18. The van der Waals surface area contributed by atoms with Crippen molar-refractivity contribution < 1.29 is 13.7 Å². The summed E-state index contributed by atoms with van der Waals surface area (Å²) >= 11 is 0. The second-order valence-corrected chi connectivity index (χ2v) is 9.00. The Balaban J connectivity index is 2.12. The fourth-order valence-electron chi connectivity index (χ4n) is 2.22.